The van der Waals surface area contributed by atoms with Crippen LogP contribution in [0.25, 0.3) is 0 Å². The molecule has 0 atom stereocenters. The van der Waals surface area contributed by atoms with Crippen molar-refractivity contribution in [3.05, 3.63) is 0 Å². The van der Waals surface area contributed by atoms with Crippen molar-refractivity contribution in [3.8, 4) is 0 Å². The lowest BCUT2D eigenvalue weighted by atomic mass is 9.96. The molecule has 21 heavy (non-hydrogen) atoms. The summed E-state index contributed by atoms with van der Waals surface area (Å²) in [6.45, 7) is 5.35. The first-order valence-electron chi connectivity index (χ1n) is 7.50. The van der Waals surface area contributed by atoms with Gasteiger partial charge in [-0.15, -0.1) is 0 Å². The molecular weight excluding hydrogens is 272 g/mol. The van der Waals surface area contributed by atoms with E-state index >= 15 is 0 Å². The molecule has 0 aliphatic heterocycles. The fourth-order valence-electron chi connectivity index (χ4n) is 2.13. The molecule has 0 bridgehead atoms. The first-order valence-corrected chi connectivity index (χ1v) is 7.50. The van der Waals surface area contributed by atoms with Crippen LogP contribution in [-0.2, 0) is 9.53 Å². The van der Waals surface area contributed by atoms with E-state index in [1.54, 1.807) is 13.8 Å². The molecule has 0 radical (unpaired) electrons. The number of amides is 2. The average molecular weight is 298 g/mol. The van der Waals surface area contributed by atoms with Crippen LogP contribution in [0.1, 0.15) is 52.9 Å². The van der Waals surface area contributed by atoms with E-state index in [1.807, 2.05) is 0 Å². The second-order valence-corrected chi connectivity index (χ2v) is 5.79. The fourth-order valence-corrected chi connectivity index (χ4v) is 2.13. The smallest absolute Gasteiger partial charge is 0.316 e. The standard InChI is InChI=1S/C14H26N4O3/c1-11(19)21-10-9-15-13(20)16-14(2,3)18-17-12-7-5-4-6-8-12/h12H,4-10H2,1-3H3,(H2,15,16,20). The van der Waals surface area contributed by atoms with Crippen LogP contribution in [-0.4, -0.2) is 36.9 Å². The summed E-state index contributed by atoms with van der Waals surface area (Å²) in [6.07, 6.45) is 5.84. The fraction of sp³-hybridized carbons (Fsp3) is 0.857. The molecule has 0 saturated heterocycles. The number of nitrogens with one attached hydrogen (secondary N) is 2. The molecule has 120 valence electrons. The van der Waals surface area contributed by atoms with Crippen LogP contribution in [0.15, 0.2) is 10.2 Å². The number of ether oxygens (including phenoxy) is 1. The van der Waals surface area contributed by atoms with Crippen molar-refractivity contribution < 1.29 is 14.3 Å². The maximum atomic E-state index is 11.7. The number of carbonyl (C=O) groups is 2. The number of carbonyl (C=O) groups excluding carboxylic acids is 2. The van der Waals surface area contributed by atoms with Gasteiger partial charge in [-0.2, -0.15) is 10.2 Å². The molecular formula is C14H26N4O3. The Morgan fingerprint density at radius 3 is 2.52 bits per heavy atom. The third-order valence-corrected chi connectivity index (χ3v) is 3.16. The van der Waals surface area contributed by atoms with Crippen molar-refractivity contribution in [2.24, 2.45) is 10.2 Å². The first kappa shape index (κ1) is 17.4. The Labute approximate surface area is 125 Å². The molecule has 1 fully saturated rings. The average Bonchev–Trinajstić information content (AvgIpc) is 2.42. The summed E-state index contributed by atoms with van der Waals surface area (Å²) in [6, 6.07) is -0.0680. The van der Waals surface area contributed by atoms with Gasteiger partial charge >= 0.3 is 12.0 Å². The Kier molecular flexibility index (Phi) is 7.11. The third-order valence-electron chi connectivity index (χ3n) is 3.16. The van der Waals surface area contributed by atoms with Gasteiger partial charge in [-0.25, -0.2) is 4.79 Å². The van der Waals surface area contributed by atoms with E-state index in [-0.39, 0.29) is 31.2 Å². The maximum Gasteiger partial charge on any atom is 0.316 e. The minimum Gasteiger partial charge on any atom is -0.464 e. The Hall–Kier alpha value is -1.66. The van der Waals surface area contributed by atoms with Crippen molar-refractivity contribution in [2.45, 2.75) is 64.6 Å². The van der Waals surface area contributed by atoms with Crippen molar-refractivity contribution in [2.75, 3.05) is 13.2 Å². The highest BCUT2D eigenvalue weighted by Gasteiger charge is 2.20. The molecule has 0 aromatic carbocycles. The van der Waals surface area contributed by atoms with Crippen molar-refractivity contribution in [1.82, 2.24) is 10.6 Å². The Morgan fingerprint density at radius 1 is 1.24 bits per heavy atom. The van der Waals surface area contributed by atoms with E-state index in [0.717, 1.165) is 12.8 Å². The van der Waals surface area contributed by atoms with Crippen molar-refractivity contribution in [3.63, 3.8) is 0 Å². The van der Waals surface area contributed by atoms with E-state index in [2.05, 4.69) is 20.9 Å². The van der Waals surface area contributed by atoms with Gasteiger partial charge in [0.2, 0.25) is 0 Å². The summed E-state index contributed by atoms with van der Waals surface area (Å²) in [5.74, 6) is -0.362. The van der Waals surface area contributed by atoms with E-state index in [0.29, 0.717) is 0 Å². The van der Waals surface area contributed by atoms with Gasteiger partial charge < -0.3 is 15.4 Å². The van der Waals surface area contributed by atoms with Gasteiger partial charge in [-0.05, 0) is 26.7 Å². The summed E-state index contributed by atoms with van der Waals surface area (Å²) in [7, 11) is 0. The zero-order valence-corrected chi connectivity index (χ0v) is 13.1. The van der Waals surface area contributed by atoms with Crippen LogP contribution in [0.3, 0.4) is 0 Å². The lowest BCUT2D eigenvalue weighted by Crippen LogP contribution is -2.47. The predicted molar refractivity (Wildman–Crippen MR) is 79.0 cm³/mol. The SMILES string of the molecule is CC(=O)OCCNC(=O)NC(C)(C)N=NC1CCCCC1. The normalized spacial score (nSPS) is 16.7. The number of nitrogens with zero attached hydrogens (tertiary/aromatic N) is 2. The number of hydrogen-bond acceptors (Lipinski definition) is 5. The number of urea groups is 1. The van der Waals surface area contributed by atoms with Gasteiger partial charge in [0.1, 0.15) is 12.3 Å². The van der Waals surface area contributed by atoms with Gasteiger partial charge in [-0.1, -0.05) is 19.3 Å². The Morgan fingerprint density at radius 2 is 1.90 bits per heavy atom. The van der Waals surface area contributed by atoms with Crippen LogP contribution in [0, 0.1) is 0 Å². The van der Waals surface area contributed by atoms with Gasteiger partial charge in [0.25, 0.3) is 0 Å². The lowest BCUT2D eigenvalue weighted by Gasteiger charge is -2.23. The third kappa shape index (κ3) is 8.27. The molecule has 2 N–H and O–H groups in total. The Bertz CT molecular complexity index is 376. The van der Waals surface area contributed by atoms with E-state index in [9.17, 15) is 9.59 Å². The van der Waals surface area contributed by atoms with E-state index < -0.39 is 5.66 Å². The molecule has 0 aromatic rings. The largest absolute Gasteiger partial charge is 0.464 e. The quantitative estimate of drug-likeness (QED) is 0.448. The molecule has 1 aliphatic rings. The van der Waals surface area contributed by atoms with Crippen LogP contribution < -0.4 is 10.6 Å². The van der Waals surface area contributed by atoms with E-state index in [1.165, 1.54) is 26.2 Å². The minimum atomic E-state index is -0.747. The van der Waals surface area contributed by atoms with Crippen LogP contribution in [0.5, 0.6) is 0 Å². The van der Waals surface area contributed by atoms with Crippen LogP contribution in [0.4, 0.5) is 4.79 Å². The summed E-state index contributed by atoms with van der Waals surface area (Å²) in [5.41, 5.74) is -0.747. The monoisotopic (exact) mass is 298 g/mol. The molecule has 0 aromatic heterocycles. The molecule has 1 saturated carbocycles. The summed E-state index contributed by atoms with van der Waals surface area (Å²) in [4.78, 5) is 22.3. The molecule has 7 nitrogen and oxygen atoms in total. The highest BCUT2D eigenvalue weighted by molar-refractivity contribution is 5.74. The van der Waals surface area contributed by atoms with Gasteiger partial charge in [0.15, 0.2) is 0 Å². The van der Waals surface area contributed by atoms with Crippen molar-refractivity contribution in [1.29, 1.82) is 0 Å². The second kappa shape index (κ2) is 8.59. The molecule has 2 amide bonds. The highest BCUT2D eigenvalue weighted by atomic mass is 16.5. The minimum absolute atomic E-state index is 0.159. The van der Waals surface area contributed by atoms with Gasteiger partial charge in [-0.3, -0.25) is 4.79 Å². The molecule has 0 unspecified atom stereocenters. The zero-order valence-electron chi connectivity index (χ0n) is 13.1. The Balaban J connectivity index is 2.28. The molecule has 0 spiro atoms. The number of azo groups is 1. The van der Waals surface area contributed by atoms with Crippen molar-refractivity contribution >= 4 is 12.0 Å². The number of rotatable bonds is 6. The number of hydrogen-bond donors (Lipinski definition) is 2. The summed E-state index contributed by atoms with van der Waals surface area (Å²) < 4.78 is 4.73. The maximum absolute atomic E-state index is 11.7. The molecule has 0 heterocycles. The predicted octanol–water partition coefficient (Wildman–Crippen LogP) is 2.37. The molecule has 1 aliphatic carbocycles. The summed E-state index contributed by atoms with van der Waals surface area (Å²) in [5, 5.41) is 13.9. The van der Waals surface area contributed by atoms with Crippen LogP contribution >= 0.6 is 0 Å². The summed E-state index contributed by atoms with van der Waals surface area (Å²) >= 11 is 0. The van der Waals surface area contributed by atoms with Gasteiger partial charge in [0.05, 0.1) is 12.6 Å². The topological polar surface area (TPSA) is 92.1 Å². The molecule has 7 heteroatoms. The second-order valence-electron chi connectivity index (χ2n) is 5.79. The van der Waals surface area contributed by atoms with Crippen LogP contribution in [0.2, 0.25) is 0 Å². The first-order chi connectivity index (χ1) is 9.89. The van der Waals surface area contributed by atoms with Gasteiger partial charge in [0, 0.05) is 6.92 Å². The lowest BCUT2D eigenvalue weighted by molar-refractivity contribution is -0.140. The highest BCUT2D eigenvalue weighted by Crippen LogP contribution is 2.21. The molecule has 1 rings (SSSR count). The number of esters is 1. The zero-order chi connectivity index (χ0) is 15.7. The van der Waals surface area contributed by atoms with E-state index in [4.69, 9.17) is 4.74 Å².